The maximum absolute atomic E-state index is 6.64. The number of hydrogen-bond donors (Lipinski definition) is 0. The van der Waals surface area contributed by atoms with Crippen LogP contribution in [0.2, 0.25) is 0 Å². The van der Waals surface area contributed by atoms with Crippen LogP contribution in [0, 0.1) is 0 Å². The molecule has 0 bridgehead atoms. The van der Waals surface area contributed by atoms with Gasteiger partial charge in [-0.25, -0.2) is 4.98 Å². The van der Waals surface area contributed by atoms with Crippen LogP contribution in [0.4, 0.5) is 17.1 Å². The highest BCUT2D eigenvalue weighted by atomic mass is 28.3. The third kappa shape index (κ3) is 5.40. The number of oxazole rings is 1. The van der Waals surface area contributed by atoms with Gasteiger partial charge in [0.2, 0.25) is 5.89 Å². The molecule has 9 aromatic carbocycles. The largest absolute Gasteiger partial charge is 0.456 e. The second kappa shape index (κ2) is 13.3. The Labute approximate surface area is 325 Å². The topological polar surface area (TPSA) is 42.4 Å². The quantitative estimate of drug-likeness (QED) is 0.0929. The highest BCUT2D eigenvalue weighted by molar-refractivity contribution is 6.96. The molecular weight excluding hydrogens is 701 g/mol. The Balaban J connectivity index is 1.18. The third-order valence-corrected chi connectivity index (χ3v) is 13.6. The number of para-hydroxylation sites is 2. The molecule has 56 heavy (non-hydrogen) atoms. The van der Waals surface area contributed by atoms with Crippen molar-refractivity contribution < 1.29 is 8.83 Å². The summed E-state index contributed by atoms with van der Waals surface area (Å²) in [6, 6.07) is 71.2. The smallest absolute Gasteiger partial charge is 0.227 e. The number of fused-ring (bicyclic) bond motifs is 8. The summed E-state index contributed by atoms with van der Waals surface area (Å²) in [5.41, 5.74) is 7.50. The van der Waals surface area contributed by atoms with E-state index < -0.39 is 8.80 Å². The van der Waals surface area contributed by atoms with Crippen molar-refractivity contribution in [2.75, 3.05) is 4.90 Å². The van der Waals surface area contributed by atoms with Crippen molar-refractivity contribution in [1.82, 2.24) is 4.98 Å². The zero-order valence-electron chi connectivity index (χ0n) is 30.3. The SMILES string of the molecule is c1ccc(-c2nc3ccc4ccc5ccc(N(c6ccc7c(c6)oc6ccccc67)c6ccccc6[Si](c6ccccc6)c6ccccc6)cc5c4c3o2)cc1. The van der Waals surface area contributed by atoms with Gasteiger partial charge in [-0.15, -0.1) is 0 Å². The first-order valence-electron chi connectivity index (χ1n) is 18.9. The average molecular weight is 734 g/mol. The summed E-state index contributed by atoms with van der Waals surface area (Å²) >= 11 is 0. The lowest BCUT2D eigenvalue weighted by atomic mass is 10.00. The first kappa shape index (κ1) is 32.2. The van der Waals surface area contributed by atoms with E-state index >= 15 is 0 Å². The van der Waals surface area contributed by atoms with Crippen molar-refractivity contribution in [2.24, 2.45) is 0 Å². The molecule has 5 heteroatoms. The molecule has 0 N–H and O–H groups in total. The van der Waals surface area contributed by atoms with Gasteiger partial charge in [-0.1, -0.05) is 150 Å². The Kier molecular flexibility index (Phi) is 7.64. The Morgan fingerprint density at radius 3 is 1.86 bits per heavy atom. The lowest BCUT2D eigenvalue weighted by molar-refractivity contribution is 0.623. The van der Waals surface area contributed by atoms with E-state index in [1.165, 1.54) is 15.6 Å². The predicted octanol–water partition coefficient (Wildman–Crippen LogP) is 11.7. The first-order valence-corrected chi connectivity index (χ1v) is 20.4. The molecule has 0 saturated heterocycles. The number of aromatic nitrogens is 1. The van der Waals surface area contributed by atoms with Gasteiger partial charge in [-0.2, -0.15) is 0 Å². The minimum absolute atomic E-state index is 0.618. The second-order valence-corrected chi connectivity index (χ2v) is 16.5. The van der Waals surface area contributed by atoms with E-state index in [9.17, 15) is 0 Å². The van der Waals surface area contributed by atoms with Crippen LogP contribution in [0.15, 0.2) is 209 Å². The Bertz CT molecular complexity index is 3170. The number of furan rings is 1. The molecule has 4 nitrogen and oxygen atoms in total. The van der Waals surface area contributed by atoms with Crippen LogP contribution < -0.4 is 20.5 Å². The van der Waals surface area contributed by atoms with Crippen molar-refractivity contribution in [2.45, 2.75) is 0 Å². The molecule has 1 radical (unpaired) electrons. The zero-order valence-corrected chi connectivity index (χ0v) is 31.3. The molecule has 0 aliphatic heterocycles. The Morgan fingerprint density at radius 1 is 0.446 bits per heavy atom. The van der Waals surface area contributed by atoms with Crippen LogP contribution in [-0.4, -0.2) is 13.8 Å². The normalized spacial score (nSPS) is 11.7. The number of anilines is 3. The van der Waals surface area contributed by atoms with E-state index in [0.29, 0.717) is 5.89 Å². The van der Waals surface area contributed by atoms with Gasteiger partial charge in [0.15, 0.2) is 14.4 Å². The average Bonchev–Trinajstić information content (AvgIpc) is 3.87. The Hall–Kier alpha value is -7.21. The summed E-state index contributed by atoms with van der Waals surface area (Å²) in [7, 11) is -1.44. The van der Waals surface area contributed by atoms with E-state index in [0.717, 1.165) is 77.2 Å². The van der Waals surface area contributed by atoms with Crippen molar-refractivity contribution in [3.63, 3.8) is 0 Å². The van der Waals surface area contributed by atoms with E-state index in [1.54, 1.807) is 0 Å². The lowest BCUT2D eigenvalue weighted by Crippen LogP contribution is -2.53. The molecule has 0 fully saturated rings. The molecule has 0 aliphatic carbocycles. The lowest BCUT2D eigenvalue weighted by Gasteiger charge is -2.30. The highest BCUT2D eigenvalue weighted by Gasteiger charge is 2.27. The molecule has 0 saturated carbocycles. The van der Waals surface area contributed by atoms with Crippen LogP contribution in [-0.2, 0) is 0 Å². The van der Waals surface area contributed by atoms with E-state index in [-0.39, 0.29) is 0 Å². The monoisotopic (exact) mass is 733 g/mol. The van der Waals surface area contributed by atoms with Crippen molar-refractivity contribution >= 4 is 96.0 Å². The summed E-state index contributed by atoms with van der Waals surface area (Å²) in [5, 5.41) is 10.6. The molecule has 0 unspecified atom stereocenters. The van der Waals surface area contributed by atoms with Gasteiger partial charge in [-0.3, -0.25) is 0 Å². The number of rotatable bonds is 7. The first-order chi connectivity index (χ1) is 27.8. The van der Waals surface area contributed by atoms with Crippen LogP contribution in [0.5, 0.6) is 0 Å². The Morgan fingerprint density at radius 2 is 1.05 bits per heavy atom. The minimum atomic E-state index is -1.44. The molecule has 0 spiro atoms. The number of nitrogens with zero attached hydrogens (tertiary/aromatic N) is 2. The molecule has 2 aromatic heterocycles. The highest BCUT2D eigenvalue weighted by Crippen LogP contribution is 2.41. The standard InChI is InChI=1S/C51H33N2O2Si/c1-4-14-36(15-5-1)51-52-44-31-27-35-25-24-34-26-28-37(32-43(34)49(35)50(44)55-51)53(38-29-30-42-41-20-10-12-22-46(41)54-47(42)33-38)45-21-11-13-23-48(45)56(39-16-6-2-7-17-39)40-18-8-3-9-19-40/h1-33H. The van der Waals surface area contributed by atoms with E-state index in [2.05, 4.69) is 163 Å². The van der Waals surface area contributed by atoms with Gasteiger partial charge < -0.3 is 13.7 Å². The second-order valence-electron chi connectivity index (χ2n) is 14.1. The number of benzene rings is 9. The predicted molar refractivity (Wildman–Crippen MR) is 234 cm³/mol. The summed E-state index contributed by atoms with van der Waals surface area (Å²) in [6.45, 7) is 0. The molecule has 2 heterocycles. The van der Waals surface area contributed by atoms with E-state index in [1.807, 2.05) is 42.5 Å². The molecule has 263 valence electrons. The molecular formula is C51H33N2O2Si. The third-order valence-electron chi connectivity index (χ3n) is 10.8. The number of hydrogen-bond acceptors (Lipinski definition) is 4. The van der Waals surface area contributed by atoms with Crippen molar-refractivity contribution in [1.29, 1.82) is 0 Å². The van der Waals surface area contributed by atoms with Gasteiger partial charge >= 0.3 is 0 Å². The summed E-state index contributed by atoms with van der Waals surface area (Å²) in [5.74, 6) is 0.618. The van der Waals surface area contributed by atoms with Gasteiger partial charge in [0, 0.05) is 44.9 Å². The molecule has 11 aromatic rings. The van der Waals surface area contributed by atoms with E-state index in [4.69, 9.17) is 13.8 Å². The fourth-order valence-electron chi connectivity index (χ4n) is 8.20. The summed E-state index contributed by atoms with van der Waals surface area (Å²) < 4.78 is 13.1. The maximum atomic E-state index is 6.64. The van der Waals surface area contributed by atoms with Gasteiger partial charge in [0.25, 0.3) is 0 Å². The summed E-state index contributed by atoms with van der Waals surface area (Å²) in [6.07, 6.45) is 0. The van der Waals surface area contributed by atoms with Crippen molar-refractivity contribution in [3.05, 3.63) is 200 Å². The van der Waals surface area contributed by atoms with Crippen LogP contribution >= 0.6 is 0 Å². The maximum Gasteiger partial charge on any atom is 0.227 e. The molecule has 11 rings (SSSR count). The van der Waals surface area contributed by atoms with Gasteiger partial charge in [-0.05, 0) is 75.9 Å². The summed E-state index contributed by atoms with van der Waals surface area (Å²) in [4.78, 5) is 7.35. The van der Waals surface area contributed by atoms with Gasteiger partial charge in [0.05, 0.1) is 0 Å². The fourth-order valence-corrected chi connectivity index (χ4v) is 10.9. The van der Waals surface area contributed by atoms with Crippen LogP contribution in [0.1, 0.15) is 0 Å². The van der Waals surface area contributed by atoms with Gasteiger partial charge in [0.1, 0.15) is 16.7 Å². The van der Waals surface area contributed by atoms with Crippen LogP contribution in [0.25, 0.3) is 66.0 Å². The van der Waals surface area contributed by atoms with Crippen molar-refractivity contribution in [3.8, 4) is 11.5 Å². The molecule has 0 amide bonds. The molecule has 0 atom stereocenters. The fraction of sp³-hybridized carbons (Fsp3) is 0. The minimum Gasteiger partial charge on any atom is -0.456 e. The van der Waals surface area contributed by atoms with Crippen LogP contribution in [0.3, 0.4) is 0 Å². The zero-order chi connectivity index (χ0) is 37.0. The molecule has 0 aliphatic rings.